The lowest BCUT2D eigenvalue weighted by molar-refractivity contribution is 0.0994. The molecule has 0 aliphatic rings. The number of carbonyl (C=O) groups is 1. The number of fused-ring (bicyclic) bond motifs is 1. The van der Waals surface area contributed by atoms with Crippen molar-refractivity contribution in [3.8, 4) is 0 Å². The van der Waals surface area contributed by atoms with E-state index in [0.717, 1.165) is 22.0 Å². The first-order valence-electron chi connectivity index (χ1n) is 6.49. The van der Waals surface area contributed by atoms with Crippen LogP contribution in [-0.4, -0.2) is 10.8 Å². The fourth-order valence-corrected chi connectivity index (χ4v) is 2.49. The van der Waals surface area contributed by atoms with Crippen molar-refractivity contribution in [1.29, 1.82) is 0 Å². The van der Waals surface area contributed by atoms with Crippen LogP contribution in [0.5, 0.6) is 0 Å². The third-order valence-electron chi connectivity index (χ3n) is 3.43. The van der Waals surface area contributed by atoms with Crippen molar-refractivity contribution in [2.24, 2.45) is 0 Å². The highest BCUT2D eigenvalue weighted by atomic mass is 35.5. The molecule has 0 aliphatic carbocycles. The number of benzene rings is 2. The molecule has 0 spiro atoms. The molecule has 0 saturated heterocycles. The largest absolute Gasteiger partial charge is 0.360 e. The molecule has 1 N–H and O–H groups in total. The fourth-order valence-electron chi connectivity index (χ4n) is 2.32. The van der Waals surface area contributed by atoms with Crippen LogP contribution in [-0.2, 0) is 6.42 Å². The van der Waals surface area contributed by atoms with Gasteiger partial charge < -0.3 is 4.98 Å². The number of aromatic nitrogens is 1. The van der Waals surface area contributed by atoms with Crippen molar-refractivity contribution in [3.05, 3.63) is 70.4 Å². The van der Waals surface area contributed by atoms with Crippen LogP contribution < -0.4 is 0 Å². The smallest absolute Gasteiger partial charge is 0.169 e. The summed E-state index contributed by atoms with van der Waals surface area (Å²) in [6.07, 6.45) is 2.17. The minimum Gasteiger partial charge on any atom is -0.360 e. The van der Waals surface area contributed by atoms with Crippen LogP contribution in [0.1, 0.15) is 21.5 Å². The second-order valence-electron chi connectivity index (χ2n) is 4.98. The van der Waals surface area contributed by atoms with Crippen LogP contribution in [0.3, 0.4) is 0 Å². The summed E-state index contributed by atoms with van der Waals surface area (Å²) in [7, 11) is 0. The summed E-state index contributed by atoms with van der Waals surface area (Å²) < 4.78 is 0. The zero-order chi connectivity index (χ0) is 14.1. The molecule has 2 nitrogen and oxygen atoms in total. The molecule has 20 heavy (non-hydrogen) atoms. The van der Waals surface area contributed by atoms with Gasteiger partial charge in [-0.2, -0.15) is 0 Å². The first-order valence-corrected chi connectivity index (χ1v) is 6.86. The third kappa shape index (κ3) is 2.47. The summed E-state index contributed by atoms with van der Waals surface area (Å²) in [5.74, 6) is 0.113. The van der Waals surface area contributed by atoms with E-state index in [9.17, 15) is 4.79 Å². The van der Waals surface area contributed by atoms with Gasteiger partial charge in [-0.15, -0.1) is 0 Å². The number of carbonyl (C=O) groups excluding carboxylic acids is 1. The number of aromatic amines is 1. The highest BCUT2D eigenvalue weighted by Crippen LogP contribution is 2.23. The van der Waals surface area contributed by atoms with Gasteiger partial charge >= 0.3 is 0 Å². The van der Waals surface area contributed by atoms with Crippen LogP contribution in [0, 0.1) is 6.92 Å². The molecule has 0 saturated carbocycles. The average molecular weight is 284 g/mol. The lowest BCUT2D eigenvalue weighted by Crippen LogP contribution is -2.02. The molecule has 0 unspecified atom stereocenters. The minimum atomic E-state index is 0.113. The summed E-state index contributed by atoms with van der Waals surface area (Å²) in [6, 6.07) is 13.6. The highest BCUT2D eigenvalue weighted by molar-refractivity contribution is 6.31. The van der Waals surface area contributed by atoms with Crippen molar-refractivity contribution < 1.29 is 4.79 Å². The SMILES string of the molecule is Cc1ccc(CC(=O)c2c[nH]c3cc(Cl)ccc23)cc1. The molecular weight excluding hydrogens is 270 g/mol. The standard InChI is InChI=1S/C17H14ClNO/c1-11-2-4-12(5-3-11)8-17(20)15-10-19-16-9-13(18)6-7-14(15)16/h2-7,9-10,19H,8H2,1H3. The second-order valence-corrected chi connectivity index (χ2v) is 5.41. The number of Topliss-reactive ketones (excluding diaryl/α,β-unsaturated/α-hetero) is 1. The average Bonchev–Trinajstić information content (AvgIpc) is 2.84. The first kappa shape index (κ1) is 12.9. The van der Waals surface area contributed by atoms with E-state index < -0.39 is 0 Å². The van der Waals surface area contributed by atoms with Crippen molar-refractivity contribution in [1.82, 2.24) is 4.98 Å². The Morgan fingerprint density at radius 1 is 1.15 bits per heavy atom. The number of nitrogens with one attached hydrogen (secondary N) is 1. The van der Waals surface area contributed by atoms with Gasteiger partial charge in [0, 0.05) is 34.1 Å². The van der Waals surface area contributed by atoms with Crippen molar-refractivity contribution in [2.75, 3.05) is 0 Å². The lowest BCUT2D eigenvalue weighted by atomic mass is 10.0. The zero-order valence-electron chi connectivity index (χ0n) is 11.1. The molecule has 1 heterocycles. The number of hydrogen-bond donors (Lipinski definition) is 1. The van der Waals surface area contributed by atoms with Crippen LogP contribution in [0.2, 0.25) is 5.02 Å². The Bertz CT molecular complexity index is 771. The Kier molecular flexibility index (Phi) is 3.33. The quantitative estimate of drug-likeness (QED) is 0.703. The van der Waals surface area contributed by atoms with Crippen molar-refractivity contribution in [2.45, 2.75) is 13.3 Å². The normalized spacial score (nSPS) is 10.9. The third-order valence-corrected chi connectivity index (χ3v) is 3.66. The van der Waals surface area contributed by atoms with Crippen LogP contribution in [0.25, 0.3) is 10.9 Å². The zero-order valence-corrected chi connectivity index (χ0v) is 11.9. The van der Waals surface area contributed by atoms with E-state index in [-0.39, 0.29) is 5.78 Å². The maximum absolute atomic E-state index is 12.4. The number of halogens is 1. The molecule has 0 bridgehead atoms. The maximum atomic E-state index is 12.4. The topological polar surface area (TPSA) is 32.9 Å². The van der Waals surface area contributed by atoms with E-state index in [2.05, 4.69) is 4.98 Å². The van der Waals surface area contributed by atoms with Gasteiger partial charge in [0.15, 0.2) is 5.78 Å². The van der Waals surface area contributed by atoms with Crippen molar-refractivity contribution >= 4 is 28.3 Å². The van der Waals surface area contributed by atoms with Gasteiger partial charge in [-0.25, -0.2) is 0 Å². The number of rotatable bonds is 3. The second kappa shape index (κ2) is 5.14. The number of hydrogen-bond acceptors (Lipinski definition) is 1. The van der Waals surface area contributed by atoms with E-state index in [1.165, 1.54) is 5.56 Å². The summed E-state index contributed by atoms with van der Waals surface area (Å²) in [6.45, 7) is 2.04. The Hall–Kier alpha value is -2.06. The Labute approximate surface area is 122 Å². The van der Waals surface area contributed by atoms with Gasteiger partial charge in [0.2, 0.25) is 0 Å². The molecule has 1 aromatic heterocycles. The molecule has 0 aliphatic heterocycles. The fraction of sp³-hybridized carbons (Fsp3) is 0.118. The predicted octanol–water partition coefficient (Wildman–Crippen LogP) is 4.56. The minimum absolute atomic E-state index is 0.113. The molecule has 100 valence electrons. The van der Waals surface area contributed by atoms with Crippen LogP contribution >= 0.6 is 11.6 Å². The van der Waals surface area contributed by atoms with Gasteiger partial charge in [0.1, 0.15) is 0 Å². The van der Waals surface area contributed by atoms with Gasteiger partial charge in [0.05, 0.1) is 0 Å². The number of aryl methyl sites for hydroxylation is 1. The van der Waals surface area contributed by atoms with E-state index in [1.807, 2.05) is 43.3 Å². The molecule has 0 radical (unpaired) electrons. The molecule has 2 aromatic carbocycles. The van der Waals surface area contributed by atoms with E-state index in [4.69, 9.17) is 11.6 Å². The summed E-state index contributed by atoms with van der Waals surface area (Å²) in [5, 5.41) is 1.59. The van der Waals surface area contributed by atoms with Gasteiger partial charge in [-0.3, -0.25) is 4.79 Å². The molecular formula is C17H14ClNO. The summed E-state index contributed by atoms with van der Waals surface area (Å²) >= 11 is 5.95. The predicted molar refractivity (Wildman–Crippen MR) is 82.5 cm³/mol. The molecule has 3 aromatic rings. The van der Waals surface area contributed by atoms with Crippen molar-refractivity contribution in [3.63, 3.8) is 0 Å². The number of ketones is 1. The highest BCUT2D eigenvalue weighted by Gasteiger charge is 2.12. The Morgan fingerprint density at radius 3 is 2.65 bits per heavy atom. The van der Waals surface area contributed by atoms with E-state index in [0.29, 0.717) is 11.4 Å². The molecule has 0 fully saturated rings. The number of H-pyrrole nitrogens is 1. The molecule has 0 atom stereocenters. The van der Waals surface area contributed by atoms with Crippen LogP contribution in [0.15, 0.2) is 48.7 Å². The van der Waals surface area contributed by atoms with E-state index >= 15 is 0 Å². The molecule has 0 amide bonds. The summed E-state index contributed by atoms with van der Waals surface area (Å²) in [5.41, 5.74) is 3.84. The first-order chi connectivity index (χ1) is 9.63. The molecule has 3 heteroatoms. The van der Waals surface area contributed by atoms with Crippen LogP contribution in [0.4, 0.5) is 0 Å². The molecule has 3 rings (SSSR count). The Morgan fingerprint density at radius 2 is 1.90 bits per heavy atom. The van der Waals surface area contributed by atoms with Gasteiger partial charge in [-0.1, -0.05) is 47.5 Å². The Balaban J connectivity index is 1.91. The summed E-state index contributed by atoms with van der Waals surface area (Å²) in [4.78, 5) is 15.5. The lowest BCUT2D eigenvalue weighted by Gasteiger charge is -2.01. The van der Waals surface area contributed by atoms with Gasteiger partial charge in [-0.05, 0) is 24.6 Å². The van der Waals surface area contributed by atoms with E-state index in [1.54, 1.807) is 12.3 Å². The monoisotopic (exact) mass is 283 g/mol. The maximum Gasteiger partial charge on any atom is 0.169 e. The van der Waals surface area contributed by atoms with Gasteiger partial charge in [0.25, 0.3) is 0 Å².